The molecule has 98 valence electrons. The quantitative estimate of drug-likeness (QED) is 0.843. The monoisotopic (exact) mass is 384 g/mol. The van der Waals surface area contributed by atoms with E-state index in [-0.39, 0.29) is 5.56 Å². The number of carboxylic acid groups (broad SMARTS) is 1. The maximum absolute atomic E-state index is 10.9. The molecule has 0 atom stereocenters. The van der Waals surface area contributed by atoms with Crippen LogP contribution in [-0.4, -0.2) is 11.1 Å². The van der Waals surface area contributed by atoms with Gasteiger partial charge in [0.05, 0.1) is 5.56 Å². The molecule has 0 aliphatic carbocycles. The topological polar surface area (TPSA) is 46.5 Å². The predicted octanol–water partition coefficient (Wildman–Crippen LogP) is 4.49. The van der Waals surface area contributed by atoms with Crippen LogP contribution in [0.15, 0.2) is 51.4 Å². The number of rotatable bonds is 4. The van der Waals surface area contributed by atoms with E-state index >= 15 is 0 Å². The Morgan fingerprint density at radius 1 is 1.05 bits per heavy atom. The van der Waals surface area contributed by atoms with Crippen molar-refractivity contribution in [3.05, 3.63) is 62.5 Å². The minimum Gasteiger partial charge on any atom is -0.489 e. The Hall–Kier alpha value is -1.33. The molecule has 3 nitrogen and oxygen atoms in total. The van der Waals surface area contributed by atoms with Crippen molar-refractivity contribution in [3.8, 4) is 5.75 Å². The molecule has 2 aromatic rings. The Balaban J connectivity index is 2.11. The third kappa shape index (κ3) is 4.08. The third-order valence-corrected chi connectivity index (χ3v) is 3.42. The first-order valence-electron chi connectivity index (χ1n) is 5.46. The van der Waals surface area contributed by atoms with E-state index in [1.165, 1.54) is 12.1 Å². The van der Waals surface area contributed by atoms with Gasteiger partial charge in [-0.15, -0.1) is 0 Å². The molecule has 0 unspecified atom stereocenters. The molecule has 2 aromatic carbocycles. The largest absolute Gasteiger partial charge is 0.489 e. The van der Waals surface area contributed by atoms with E-state index in [0.717, 1.165) is 10.0 Å². The first-order chi connectivity index (χ1) is 9.04. The smallest absolute Gasteiger partial charge is 0.335 e. The average Bonchev–Trinajstić information content (AvgIpc) is 2.37. The number of carbonyl (C=O) groups is 1. The molecule has 19 heavy (non-hydrogen) atoms. The van der Waals surface area contributed by atoms with Crippen molar-refractivity contribution in [1.82, 2.24) is 0 Å². The molecule has 0 fully saturated rings. The summed E-state index contributed by atoms with van der Waals surface area (Å²) in [6.45, 7) is 0.392. The number of halogens is 2. The molecule has 0 amide bonds. The summed E-state index contributed by atoms with van der Waals surface area (Å²) in [5.41, 5.74) is 1.21. The second-order valence-corrected chi connectivity index (χ2v) is 5.73. The zero-order chi connectivity index (χ0) is 13.8. The zero-order valence-electron chi connectivity index (χ0n) is 9.77. The molecule has 0 aromatic heterocycles. The lowest BCUT2D eigenvalue weighted by Crippen LogP contribution is -1.99. The number of carboxylic acids is 1. The van der Waals surface area contributed by atoms with Crippen LogP contribution in [0.25, 0.3) is 0 Å². The van der Waals surface area contributed by atoms with Crippen molar-refractivity contribution in [2.75, 3.05) is 0 Å². The van der Waals surface area contributed by atoms with Gasteiger partial charge < -0.3 is 9.84 Å². The lowest BCUT2D eigenvalue weighted by atomic mass is 10.2. The fraction of sp³-hybridized carbons (Fsp3) is 0.0714. The lowest BCUT2D eigenvalue weighted by molar-refractivity contribution is 0.0696. The summed E-state index contributed by atoms with van der Waals surface area (Å²) in [4.78, 5) is 10.9. The van der Waals surface area contributed by atoms with Crippen LogP contribution >= 0.6 is 31.9 Å². The van der Waals surface area contributed by atoms with Crippen LogP contribution in [0.1, 0.15) is 15.9 Å². The minimum atomic E-state index is -0.977. The second kappa shape index (κ2) is 6.21. The lowest BCUT2D eigenvalue weighted by Gasteiger charge is -2.08. The molecule has 1 N–H and O–H groups in total. The molecule has 0 radical (unpaired) electrons. The number of aromatic carboxylic acids is 1. The summed E-state index contributed by atoms with van der Waals surface area (Å²) in [5, 5.41) is 8.97. The van der Waals surface area contributed by atoms with Gasteiger partial charge in [0, 0.05) is 8.95 Å². The highest BCUT2D eigenvalue weighted by Crippen LogP contribution is 2.22. The predicted molar refractivity (Wildman–Crippen MR) is 79.6 cm³/mol. The van der Waals surface area contributed by atoms with Gasteiger partial charge in [0.2, 0.25) is 0 Å². The summed E-state index contributed by atoms with van der Waals surface area (Å²) < 4.78 is 7.28. The molecule has 0 saturated carbocycles. The highest BCUT2D eigenvalue weighted by Gasteiger charge is 2.07. The number of ether oxygens (including phenoxy) is 1. The van der Waals surface area contributed by atoms with Gasteiger partial charge in [-0.2, -0.15) is 0 Å². The van der Waals surface area contributed by atoms with E-state index in [4.69, 9.17) is 9.84 Å². The van der Waals surface area contributed by atoms with Crippen LogP contribution in [0, 0.1) is 0 Å². The Morgan fingerprint density at radius 3 is 2.37 bits per heavy atom. The fourth-order valence-electron chi connectivity index (χ4n) is 1.52. The zero-order valence-corrected chi connectivity index (χ0v) is 12.9. The molecular weight excluding hydrogens is 376 g/mol. The van der Waals surface area contributed by atoms with Gasteiger partial charge >= 0.3 is 5.97 Å². The van der Waals surface area contributed by atoms with Gasteiger partial charge in [0.25, 0.3) is 0 Å². The van der Waals surface area contributed by atoms with E-state index in [0.29, 0.717) is 16.8 Å². The Bertz CT molecular complexity index is 594. The van der Waals surface area contributed by atoms with Crippen molar-refractivity contribution in [2.24, 2.45) is 0 Å². The van der Waals surface area contributed by atoms with Crippen molar-refractivity contribution in [3.63, 3.8) is 0 Å². The van der Waals surface area contributed by atoms with Gasteiger partial charge in [-0.25, -0.2) is 4.79 Å². The van der Waals surface area contributed by atoms with Gasteiger partial charge in [0.1, 0.15) is 12.4 Å². The van der Waals surface area contributed by atoms with Gasteiger partial charge in [-0.1, -0.05) is 44.0 Å². The van der Waals surface area contributed by atoms with E-state index in [9.17, 15) is 4.79 Å². The standard InChI is InChI=1S/C14H10Br2O3/c15-11-3-1-9(2-4-11)8-19-13-6-10(14(17)18)5-12(16)7-13/h1-7H,8H2,(H,17,18). The Kier molecular flexibility index (Phi) is 4.61. The van der Waals surface area contributed by atoms with E-state index in [1.54, 1.807) is 6.07 Å². The first kappa shape index (κ1) is 14.1. The second-order valence-electron chi connectivity index (χ2n) is 3.90. The Morgan fingerprint density at radius 2 is 1.74 bits per heavy atom. The molecular formula is C14H10Br2O3. The summed E-state index contributed by atoms with van der Waals surface area (Å²) in [7, 11) is 0. The van der Waals surface area contributed by atoms with Crippen LogP contribution < -0.4 is 4.74 Å². The van der Waals surface area contributed by atoms with Crippen LogP contribution in [0.2, 0.25) is 0 Å². The molecule has 2 rings (SSSR count). The maximum Gasteiger partial charge on any atom is 0.335 e. The van der Waals surface area contributed by atoms with Crippen LogP contribution in [0.5, 0.6) is 5.75 Å². The van der Waals surface area contributed by atoms with Crippen molar-refractivity contribution in [1.29, 1.82) is 0 Å². The maximum atomic E-state index is 10.9. The summed E-state index contributed by atoms with van der Waals surface area (Å²) >= 11 is 6.63. The molecule has 5 heteroatoms. The van der Waals surface area contributed by atoms with Crippen molar-refractivity contribution < 1.29 is 14.6 Å². The molecule has 0 bridgehead atoms. The molecule has 0 heterocycles. The SMILES string of the molecule is O=C(O)c1cc(Br)cc(OCc2ccc(Br)cc2)c1. The van der Waals surface area contributed by atoms with Gasteiger partial charge in [-0.3, -0.25) is 0 Å². The van der Waals surface area contributed by atoms with E-state index in [1.807, 2.05) is 24.3 Å². The third-order valence-electron chi connectivity index (χ3n) is 2.44. The fourth-order valence-corrected chi connectivity index (χ4v) is 2.25. The van der Waals surface area contributed by atoms with E-state index in [2.05, 4.69) is 31.9 Å². The molecule has 0 spiro atoms. The summed E-state index contributed by atoms with van der Waals surface area (Å²) in [6.07, 6.45) is 0. The highest BCUT2D eigenvalue weighted by molar-refractivity contribution is 9.10. The molecule has 0 aliphatic rings. The normalized spacial score (nSPS) is 10.2. The number of hydrogen-bond acceptors (Lipinski definition) is 2. The Labute approximate surface area is 127 Å². The number of benzene rings is 2. The molecule has 0 saturated heterocycles. The van der Waals surface area contributed by atoms with Crippen molar-refractivity contribution in [2.45, 2.75) is 6.61 Å². The van der Waals surface area contributed by atoms with Crippen molar-refractivity contribution >= 4 is 37.8 Å². The van der Waals surface area contributed by atoms with Gasteiger partial charge in [0.15, 0.2) is 0 Å². The summed E-state index contributed by atoms with van der Waals surface area (Å²) in [6, 6.07) is 12.5. The average molecular weight is 386 g/mol. The van der Waals surface area contributed by atoms with Crippen LogP contribution in [-0.2, 0) is 6.61 Å². The number of hydrogen-bond donors (Lipinski definition) is 1. The summed E-state index contributed by atoms with van der Waals surface area (Å²) in [5.74, 6) is -0.454. The first-order valence-corrected chi connectivity index (χ1v) is 7.04. The van der Waals surface area contributed by atoms with Gasteiger partial charge in [-0.05, 0) is 35.9 Å². The van der Waals surface area contributed by atoms with E-state index < -0.39 is 5.97 Å². The van der Waals surface area contributed by atoms with Crippen LogP contribution in [0.4, 0.5) is 0 Å². The highest BCUT2D eigenvalue weighted by atomic mass is 79.9. The minimum absolute atomic E-state index is 0.195. The van der Waals surface area contributed by atoms with Crippen LogP contribution in [0.3, 0.4) is 0 Å². The molecule has 0 aliphatic heterocycles.